The number of nitrogens with one attached hydrogen (secondary N) is 2. The van der Waals surface area contributed by atoms with Gasteiger partial charge in [0.2, 0.25) is 0 Å². The highest BCUT2D eigenvalue weighted by molar-refractivity contribution is 6.31. The lowest BCUT2D eigenvalue weighted by Gasteiger charge is -2.24. The smallest absolute Gasteiger partial charge is 0.129 e. The minimum Gasteiger partial charge on any atom is -0.364 e. The first kappa shape index (κ1) is 10.1. The van der Waals surface area contributed by atoms with Crippen molar-refractivity contribution in [2.45, 2.75) is 18.5 Å². The lowest BCUT2D eigenvalue weighted by atomic mass is 10.0. The summed E-state index contributed by atoms with van der Waals surface area (Å²) in [6.07, 6.45) is 1.11. The van der Waals surface area contributed by atoms with E-state index in [0.29, 0.717) is 12.1 Å². The average Bonchev–Trinajstić information content (AvgIpc) is 2.72. The second-order valence-corrected chi connectivity index (χ2v) is 4.74. The standard InChI is InChI=1S/C12H14ClN3/c13-9-3-1-2-8(6-9)12-15-10-4-5-14-7-11(10)16-12/h1-3,6,10-11,14H,4-5,7H2,(H,15,16). The van der Waals surface area contributed by atoms with Gasteiger partial charge in [0.25, 0.3) is 0 Å². The summed E-state index contributed by atoms with van der Waals surface area (Å²) < 4.78 is 0. The molecule has 1 aromatic carbocycles. The van der Waals surface area contributed by atoms with Gasteiger partial charge in [0.1, 0.15) is 5.84 Å². The van der Waals surface area contributed by atoms with Crippen molar-refractivity contribution in [1.29, 1.82) is 0 Å². The maximum absolute atomic E-state index is 5.98. The zero-order valence-electron chi connectivity index (χ0n) is 8.91. The summed E-state index contributed by atoms with van der Waals surface area (Å²) in [4.78, 5) is 4.73. The molecule has 1 aromatic rings. The Morgan fingerprint density at radius 1 is 1.38 bits per heavy atom. The van der Waals surface area contributed by atoms with Crippen LogP contribution in [0.3, 0.4) is 0 Å². The van der Waals surface area contributed by atoms with Crippen LogP contribution >= 0.6 is 11.6 Å². The van der Waals surface area contributed by atoms with Crippen molar-refractivity contribution >= 4 is 17.4 Å². The third-order valence-electron chi connectivity index (χ3n) is 3.16. The topological polar surface area (TPSA) is 36.4 Å². The van der Waals surface area contributed by atoms with Gasteiger partial charge in [0, 0.05) is 17.1 Å². The van der Waals surface area contributed by atoms with Crippen LogP contribution in [0.4, 0.5) is 0 Å². The molecule has 2 heterocycles. The fraction of sp³-hybridized carbons (Fsp3) is 0.417. The molecule has 3 nitrogen and oxygen atoms in total. The fourth-order valence-corrected chi connectivity index (χ4v) is 2.51. The van der Waals surface area contributed by atoms with Crippen LogP contribution in [0.25, 0.3) is 0 Å². The molecule has 0 aromatic heterocycles. The van der Waals surface area contributed by atoms with Gasteiger partial charge in [-0.1, -0.05) is 23.7 Å². The Hall–Kier alpha value is -1.06. The summed E-state index contributed by atoms with van der Waals surface area (Å²) in [5, 5.41) is 7.60. The molecular formula is C12H14ClN3. The molecule has 0 aliphatic carbocycles. The van der Waals surface area contributed by atoms with E-state index in [9.17, 15) is 0 Å². The van der Waals surface area contributed by atoms with Crippen LogP contribution in [0.2, 0.25) is 5.02 Å². The molecule has 2 aliphatic heterocycles. The summed E-state index contributed by atoms with van der Waals surface area (Å²) in [7, 11) is 0. The second kappa shape index (κ2) is 4.07. The summed E-state index contributed by atoms with van der Waals surface area (Å²) in [5.41, 5.74) is 1.09. The van der Waals surface area contributed by atoms with Gasteiger partial charge in [0.05, 0.1) is 12.1 Å². The Labute approximate surface area is 99.9 Å². The Kier molecular flexibility index (Phi) is 2.58. The molecule has 84 valence electrons. The van der Waals surface area contributed by atoms with Gasteiger partial charge in [-0.15, -0.1) is 0 Å². The van der Waals surface area contributed by atoms with Gasteiger partial charge >= 0.3 is 0 Å². The van der Waals surface area contributed by atoms with Crippen molar-refractivity contribution in [2.24, 2.45) is 4.99 Å². The van der Waals surface area contributed by atoms with Crippen LogP contribution in [0.5, 0.6) is 0 Å². The van der Waals surface area contributed by atoms with E-state index in [4.69, 9.17) is 16.6 Å². The highest BCUT2D eigenvalue weighted by Crippen LogP contribution is 2.18. The van der Waals surface area contributed by atoms with Gasteiger partial charge in [0.15, 0.2) is 0 Å². The van der Waals surface area contributed by atoms with Crippen molar-refractivity contribution in [3.05, 3.63) is 34.9 Å². The number of benzene rings is 1. The van der Waals surface area contributed by atoms with Crippen LogP contribution in [-0.2, 0) is 0 Å². The molecule has 16 heavy (non-hydrogen) atoms. The largest absolute Gasteiger partial charge is 0.364 e. The van der Waals surface area contributed by atoms with E-state index < -0.39 is 0 Å². The molecule has 3 rings (SSSR count). The number of nitrogens with zero attached hydrogens (tertiary/aromatic N) is 1. The number of amidine groups is 1. The number of halogens is 1. The first-order valence-corrected chi connectivity index (χ1v) is 6.02. The lowest BCUT2D eigenvalue weighted by molar-refractivity contribution is 0.402. The van der Waals surface area contributed by atoms with Gasteiger partial charge in [-0.3, -0.25) is 4.99 Å². The van der Waals surface area contributed by atoms with Crippen LogP contribution in [0.1, 0.15) is 12.0 Å². The molecule has 0 spiro atoms. The summed E-state index contributed by atoms with van der Waals surface area (Å²) in [5.74, 6) is 0.987. The lowest BCUT2D eigenvalue weighted by Crippen LogP contribution is -2.48. The molecular weight excluding hydrogens is 222 g/mol. The van der Waals surface area contributed by atoms with Crippen molar-refractivity contribution in [3.8, 4) is 0 Å². The van der Waals surface area contributed by atoms with E-state index in [0.717, 1.165) is 35.9 Å². The normalized spacial score (nSPS) is 28.2. The Morgan fingerprint density at radius 2 is 2.31 bits per heavy atom. The van der Waals surface area contributed by atoms with Crippen molar-refractivity contribution in [3.63, 3.8) is 0 Å². The number of hydrogen-bond acceptors (Lipinski definition) is 3. The van der Waals surface area contributed by atoms with Crippen LogP contribution in [0.15, 0.2) is 29.3 Å². The van der Waals surface area contributed by atoms with Gasteiger partial charge in [-0.2, -0.15) is 0 Å². The monoisotopic (exact) mass is 235 g/mol. The molecule has 2 aliphatic rings. The molecule has 4 heteroatoms. The van der Waals surface area contributed by atoms with Crippen molar-refractivity contribution < 1.29 is 0 Å². The van der Waals surface area contributed by atoms with Crippen LogP contribution in [0, 0.1) is 0 Å². The molecule has 0 radical (unpaired) electrons. The van der Waals surface area contributed by atoms with Crippen molar-refractivity contribution in [2.75, 3.05) is 13.1 Å². The quantitative estimate of drug-likeness (QED) is 0.773. The maximum atomic E-state index is 5.98. The average molecular weight is 236 g/mol. The van der Waals surface area contributed by atoms with Gasteiger partial charge in [-0.25, -0.2) is 0 Å². The van der Waals surface area contributed by atoms with Gasteiger partial charge < -0.3 is 10.6 Å². The van der Waals surface area contributed by atoms with E-state index in [-0.39, 0.29) is 0 Å². The first-order chi connectivity index (χ1) is 7.83. The Balaban J connectivity index is 1.86. The SMILES string of the molecule is Clc1cccc(C2=NC3CCNCC3N2)c1. The first-order valence-electron chi connectivity index (χ1n) is 5.64. The highest BCUT2D eigenvalue weighted by atomic mass is 35.5. The minimum atomic E-state index is 0.426. The minimum absolute atomic E-state index is 0.426. The molecule has 1 saturated heterocycles. The fourth-order valence-electron chi connectivity index (χ4n) is 2.32. The molecule has 0 amide bonds. The van der Waals surface area contributed by atoms with E-state index in [1.54, 1.807) is 0 Å². The molecule has 2 N–H and O–H groups in total. The zero-order chi connectivity index (χ0) is 11.0. The summed E-state index contributed by atoms with van der Waals surface area (Å²) in [6, 6.07) is 8.72. The predicted molar refractivity (Wildman–Crippen MR) is 66.2 cm³/mol. The molecule has 2 atom stereocenters. The van der Waals surface area contributed by atoms with E-state index >= 15 is 0 Å². The van der Waals surface area contributed by atoms with Crippen LogP contribution < -0.4 is 10.6 Å². The number of rotatable bonds is 1. The van der Waals surface area contributed by atoms with Crippen LogP contribution in [-0.4, -0.2) is 31.0 Å². The Morgan fingerprint density at radius 3 is 3.12 bits per heavy atom. The van der Waals surface area contributed by atoms with E-state index in [1.807, 2.05) is 24.3 Å². The van der Waals surface area contributed by atoms with E-state index in [1.165, 1.54) is 0 Å². The predicted octanol–water partition coefficient (Wildman–Crippen LogP) is 1.42. The molecule has 1 fully saturated rings. The maximum Gasteiger partial charge on any atom is 0.129 e. The summed E-state index contributed by atoms with van der Waals surface area (Å²) >= 11 is 5.98. The van der Waals surface area contributed by atoms with Crippen molar-refractivity contribution in [1.82, 2.24) is 10.6 Å². The molecule has 2 unspecified atom stereocenters. The zero-order valence-corrected chi connectivity index (χ0v) is 9.67. The molecule has 0 bridgehead atoms. The van der Waals surface area contributed by atoms with E-state index in [2.05, 4.69) is 10.6 Å². The number of hydrogen-bond donors (Lipinski definition) is 2. The third-order valence-corrected chi connectivity index (χ3v) is 3.40. The highest BCUT2D eigenvalue weighted by Gasteiger charge is 2.30. The Bertz CT molecular complexity index is 430. The summed E-state index contributed by atoms with van der Waals surface area (Å²) in [6.45, 7) is 2.06. The third kappa shape index (κ3) is 1.81. The number of aliphatic imine (C=N–C) groups is 1. The molecule has 0 saturated carbocycles. The number of piperidine rings is 1. The van der Waals surface area contributed by atoms with Gasteiger partial charge in [-0.05, 0) is 25.1 Å². The second-order valence-electron chi connectivity index (χ2n) is 4.30. The number of fused-ring (bicyclic) bond motifs is 1.